The fourth-order valence-electron chi connectivity index (χ4n) is 9.45. The third-order valence-electron chi connectivity index (χ3n) is 11.7. The molecule has 6 unspecified atom stereocenters. The second-order valence-corrected chi connectivity index (χ2v) is 14.1. The van der Waals surface area contributed by atoms with E-state index in [2.05, 4.69) is 23.1 Å². The molecule has 8 heteroatoms. The Kier molecular flexibility index (Phi) is 7.17. The fourth-order valence-corrected chi connectivity index (χ4v) is 9.45. The number of phenols is 1. The number of piperidine rings is 1. The summed E-state index contributed by atoms with van der Waals surface area (Å²) in [6, 6.07) is 26.1. The predicted octanol–water partition coefficient (Wildman–Crippen LogP) is 5.29. The molecule has 6 atom stereocenters. The zero-order valence-electron chi connectivity index (χ0n) is 26.5. The van der Waals surface area contributed by atoms with Gasteiger partial charge in [0, 0.05) is 31.6 Å². The van der Waals surface area contributed by atoms with Crippen molar-refractivity contribution in [3.05, 3.63) is 108 Å². The van der Waals surface area contributed by atoms with E-state index in [1.807, 2.05) is 55.5 Å². The van der Waals surface area contributed by atoms with Crippen molar-refractivity contribution >= 4 is 29.3 Å². The van der Waals surface area contributed by atoms with Crippen LogP contribution in [0.15, 0.2) is 96.6 Å². The third-order valence-corrected chi connectivity index (χ3v) is 11.7. The predicted molar refractivity (Wildman–Crippen MR) is 176 cm³/mol. The Bertz CT molecular complexity index is 1760. The molecular weight excluding hydrogens is 590 g/mol. The van der Waals surface area contributed by atoms with Gasteiger partial charge in [0.15, 0.2) is 0 Å². The van der Waals surface area contributed by atoms with Crippen LogP contribution in [0.5, 0.6) is 5.75 Å². The average Bonchev–Trinajstić information content (AvgIpc) is 3.46. The maximum Gasteiger partial charge on any atom is 0.241 e. The summed E-state index contributed by atoms with van der Waals surface area (Å²) in [5.41, 5.74) is 2.49. The zero-order chi connectivity index (χ0) is 32.4. The number of fused-ring (bicyclic) bond motifs is 4. The van der Waals surface area contributed by atoms with Crippen LogP contribution < -0.4 is 4.90 Å². The quantitative estimate of drug-likeness (QED) is 0.305. The van der Waals surface area contributed by atoms with Crippen molar-refractivity contribution in [3.63, 3.8) is 0 Å². The van der Waals surface area contributed by atoms with E-state index in [-0.39, 0.29) is 41.3 Å². The normalized spacial score (nSPS) is 31.1. The molecule has 2 aliphatic carbocycles. The number of carbonyl (C=O) groups is 4. The van der Waals surface area contributed by atoms with E-state index >= 15 is 0 Å². The summed E-state index contributed by atoms with van der Waals surface area (Å²) in [4.78, 5) is 62.4. The minimum absolute atomic E-state index is 0.0916. The number of hydrogen-bond acceptors (Lipinski definition) is 6. The van der Waals surface area contributed by atoms with Crippen LogP contribution in [-0.2, 0) is 25.7 Å². The number of anilines is 1. The van der Waals surface area contributed by atoms with Crippen LogP contribution >= 0.6 is 0 Å². The van der Waals surface area contributed by atoms with E-state index in [9.17, 15) is 24.3 Å². The monoisotopic (exact) mass is 629 g/mol. The van der Waals surface area contributed by atoms with Crippen LogP contribution in [0, 0.1) is 29.1 Å². The van der Waals surface area contributed by atoms with Crippen molar-refractivity contribution in [2.45, 2.75) is 51.1 Å². The Labute approximate surface area is 274 Å². The van der Waals surface area contributed by atoms with E-state index in [0.717, 1.165) is 43.6 Å². The minimum Gasteiger partial charge on any atom is -0.508 e. The van der Waals surface area contributed by atoms with Crippen molar-refractivity contribution < 1.29 is 24.3 Å². The molecule has 3 heterocycles. The summed E-state index contributed by atoms with van der Waals surface area (Å²) in [7, 11) is 0. The first kappa shape index (κ1) is 29.8. The number of benzene rings is 3. The SMILES string of the molecule is CC12C(=O)N(c3ccccc3)C(=O)C1CC1C(=CCC3C(=O)N(C4CCN(Cc5ccccc5)CC4)C(=O)C31)C2c1ccc(O)cc1. The summed E-state index contributed by atoms with van der Waals surface area (Å²) >= 11 is 0. The highest BCUT2D eigenvalue weighted by Crippen LogP contribution is 2.63. The van der Waals surface area contributed by atoms with Gasteiger partial charge in [-0.2, -0.15) is 0 Å². The lowest BCUT2D eigenvalue weighted by atomic mass is 9.51. The van der Waals surface area contributed by atoms with Crippen molar-refractivity contribution in [2.24, 2.45) is 29.1 Å². The number of rotatable bonds is 5. The average molecular weight is 630 g/mol. The van der Waals surface area contributed by atoms with E-state index in [1.165, 1.54) is 10.5 Å². The number of likely N-dealkylation sites (tertiary alicyclic amines) is 2. The summed E-state index contributed by atoms with van der Waals surface area (Å²) in [5, 5.41) is 10.1. The highest BCUT2D eigenvalue weighted by molar-refractivity contribution is 6.24. The van der Waals surface area contributed by atoms with Crippen LogP contribution in [-0.4, -0.2) is 57.7 Å². The van der Waals surface area contributed by atoms with Crippen LogP contribution in [0.2, 0.25) is 0 Å². The Morgan fingerprint density at radius 1 is 0.787 bits per heavy atom. The molecule has 3 aliphatic heterocycles. The third kappa shape index (κ3) is 4.60. The van der Waals surface area contributed by atoms with Gasteiger partial charge < -0.3 is 5.11 Å². The highest BCUT2D eigenvalue weighted by Gasteiger charge is 2.67. The summed E-state index contributed by atoms with van der Waals surface area (Å²) in [6.45, 7) is 4.36. The molecule has 0 spiro atoms. The van der Waals surface area contributed by atoms with E-state index in [1.54, 1.807) is 29.2 Å². The van der Waals surface area contributed by atoms with Crippen LogP contribution in [0.4, 0.5) is 5.69 Å². The second-order valence-electron chi connectivity index (χ2n) is 14.1. The fraction of sp³-hybridized carbons (Fsp3) is 0.385. The minimum atomic E-state index is -1.09. The molecule has 1 saturated carbocycles. The zero-order valence-corrected chi connectivity index (χ0v) is 26.5. The van der Waals surface area contributed by atoms with E-state index in [4.69, 9.17) is 0 Å². The van der Waals surface area contributed by atoms with Crippen LogP contribution in [0.1, 0.15) is 49.7 Å². The van der Waals surface area contributed by atoms with Crippen LogP contribution in [0.25, 0.3) is 0 Å². The number of phenolic OH excluding ortho intramolecular Hbond substituents is 1. The van der Waals surface area contributed by atoms with Gasteiger partial charge in [0.2, 0.25) is 23.6 Å². The highest BCUT2D eigenvalue weighted by atomic mass is 16.3. The number of allylic oxidation sites excluding steroid dienone is 2. The summed E-state index contributed by atoms with van der Waals surface area (Å²) in [5.74, 6) is -3.09. The van der Waals surface area contributed by atoms with Crippen molar-refractivity contribution in [2.75, 3.05) is 18.0 Å². The van der Waals surface area contributed by atoms with Gasteiger partial charge in [-0.05, 0) is 73.9 Å². The molecular formula is C39H39N3O5. The number of imide groups is 2. The molecule has 0 aromatic heterocycles. The second kappa shape index (κ2) is 11.3. The molecule has 1 N–H and O–H groups in total. The molecule has 4 fully saturated rings. The molecule has 3 saturated heterocycles. The molecule has 0 radical (unpaired) electrons. The Balaban J connectivity index is 1.11. The van der Waals surface area contributed by atoms with Crippen molar-refractivity contribution in [3.8, 4) is 5.75 Å². The van der Waals surface area contributed by atoms with Gasteiger partial charge in [-0.3, -0.25) is 29.0 Å². The summed E-state index contributed by atoms with van der Waals surface area (Å²) in [6.07, 6.45) is 4.35. The maximum absolute atomic E-state index is 14.4. The van der Waals surface area contributed by atoms with E-state index in [0.29, 0.717) is 18.5 Å². The number of hydrogen-bond donors (Lipinski definition) is 1. The molecule has 5 aliphatic rings. The molecule has 3 aromatic carbocycles. The van der Waals surface area contributed by atoms with Crippen LogP contribution in [0.3, 0.4) is 0 Å². The van der Waals surface area contributed by atoms with Gasteiger partial charge in [0.25, 0.3) is 0 Å². The van der Waals surface area contributed by atoms with Gasteiger partial charge in [-0.15, -0.1) is 0 Å². The van der Waals surface area contributed by atoms with Gasteiger partial charge in [0.05, 0.1) is 28.9 Å². The molecule has 47 heavy (non-hydrogen) atoms. The van der Waals surface area contributed by atoms with Gasteiger partial charge >= 0.3 is 0 Å². The molecule has 0 bridgehead atoms. The first-order chi connectivity index (χ1) is 22.8. The number of nitrogens with zero attached hydrogens (tertiary/aromatic N) is 3. The molecule has 8 nitrogen and oxygen atoms in total. The standard InChI is InChI=1S/C39H39N3O5/c1-39-32(36(45)42(38(39)47)26-10-6-3-7-11-26)22-31-29(34(39)25-12-14-28(43)15-13-25)16-17-30-33(31)37(46)41(35(30)44)27-18-20-40(21-19-27)23-24-8-4-2-5-9-24/h2-16,27,30-34,43H,17-23H2,1H3. The Hall–Kier alpha value is -4.56. The largest absolute Gasteiger partial charge is 0.508 e. The van der Waals surface area contributed by atoms with Gasteiger partial charge in [-0.1, -0.05) is 72.3 Å². The molecule has 4 amide bonds. The van der Waals surface area contributed by atoms with E-state index < -0.39 is 29.1 Å². The lowest BCUT2D eigenvalue weighted by Crippen LogP contribution is -2.49. The van der Waals surface area contributed by atoms with Gasteiger partial charge in [-0.25, -0.2) is 4.90 Å². The smallest absolute Gasteiger partial charge is 0.241 e. The molecule has 8 rings (SSSR count). The number of para-hydroxylation sites is 1. The maximum atomic E-state index is 14.4. The number of amides is 4. The van der Waals surface area contributed by atoms with Crippen molar-refractivity contribution in [1.82, 2.24) is 9.80 Å². The Morgan fingerprint density at radius 3 is 2.13 bits per heavy atom. The molecule has 240 valence electrons. The first-order valence-corrected chi connectivity index (χ1v) is 16.8. The number of carbonyl (C=O) groups excluding carboxylic acids is 4. The molecule has 3 aromatic rings. The Morgan fingerprint density at radius 2 is 1.45 bits per heavy atom. The first-order valence-electron chi connectivity index (χ1n) is 16.8. The van der Waals surface area contributed by atoms with Crippen molar-refractivity contribution in [1.29, 1.82) is 0 Å². The lowest BCUT2D eigenvalue weighted by molar-refractivity contribution is -0.144. The topological polar surface area (TPSA) is 98.2 Å². The lowest BCUT2D eigenvalue weighted by Gasteiger charge is -2.49. The summed E-state index contributed by atoms with van der Waals surface area (Å²) < 4.78 is 0. The number of aromatic hydroxyl groups is 1. The van der Waals surface area contributed by atoms with Gasteiger partial charge in [0.1, 0.15) is 5.75 Å².